The molecule has 0 saturated carbocycles. The summed E-state index contributed by atoms with van der Waals surface area (Å²) < 4.78 is 11.8. The second-order valence-corrected chi connectivity index (χ2v) is 9.66. The van der Waals surface area contributed by atoms with Gasteiger partial charge in [0.25, 0.3) is 0 Å². The summed E-state index contributed by atoms with van der Waals surface area (Å²) in [5, 5.41) is 19.3. The number of carbonyl (C=O) groups is 1. The van der Waals surface area contributed by atoms with Crippen LogP contribution in [0, 0.1) is 0 Å². The first-order valence-corrected chi connectivity index (χ1v) is 11.8. The molecule has 0 aliphatic carbocycles. The van der Waals surface area contributed by atoms with Crippen molar-refractivity contribution in [2.24, 2.45) is 0 Å². The third-order valence-corrected chi connectivity index (χ3v) is 6.18. The molecule has 0 saturated heterocycles. The number of benzene rings is 4. The van der Waals surface area contributed by atoms with Crippen LogP contribution in [0.3, 0.4) is 0 Å². The van der Waals surface area contributed by atoms with Crippen LogP contribution in [0.4, 0.5) is 4.79 Å². The van der Waals surface area contributed by atoms with E-state index >= 15 is 0 Å². The standard InChI is InChI=1S/C31H30O5/c1-30(2,27-11-7-5-9-25(27)21-13-17-23(32)18-14-21)35-29(34)36-31(3,4)28-12-8-6-10-26(28)22-15-19-24(33)20-16-22/h5-20,32-33H,1-4H3. The minimum Gasteiger partial charge on any atom is -0.508 e. The van der Waals surface area contributed by atoms with E-state index in [0.29, 0.717) is 0 Å². The van der Waals surface area contributed by atoms with Gasteiger partial charge in [-0.15, -0.1) is 0 Å². The average Bonchev–Trinajstić information content (AvgIpc) is 2.84. The second kappa shape index (κ2) is 9.78. The summed E-state index contributed by atoms with van der Waals surface area (Å²) in [7, 11) is 0. The molecule has 4 aromatic carbocycles. The molecule has 5 nitrogen and oxygen atoms in total. The van der Waals surface area contributed by atoms with Gasteiger partial charge in [0.05, 0.1) is 0 Å². The normalized spacial score (nSPS) is 11.7. The summed E-state index contributed by atoms with van der Waals surface area (Å²) in [6.45, 7) is 7.30. The third-order valence-electron chi connectivity index (χ3n) is 6.18. The maximum Gasteiger partial charge on any atom is 0.510 e. The Hall–Kier alpha value is -4.25. The van der Waals surface area contributed by atoms with Crippen LogP contribution in [0.15, 0.2) is 97.1 Å². The monoisotopic (exact) mass is 482 g/mol. The zero-order valence-corrected chi connectivity index (χ0v) is 20.9. The molecule has 5 heteroatoms. The molecule has 0 amide bonds. The van der Waals surface area contributed by atoms with Crippen LogP contribution in [0.2, 0.25) is 0 Å². The molecule has 0 aliphatic rings. The number of hydrogen-bond donors (Lipinski definition) is 2. The Kier molecular flexibility index (Phi) is 6.75. The van der Waals surface area contributed by atoms with Crippen molar-refractivity contribution in [1.82, 2.24) is 0 Å². The Morgan fingerprint density at radius 3 is 1.25 bits per heavy atom. The van der Waals surface area contributed by atoms with Gasteiger partial charge in [-0.1, -0.05) is 72.8 Å². The molecule has 0 aromatic heterocycles. The zero-order valence-electron chi connectivity index (χ0n) is 20.9. The summed E-state index contributed by atoms with van der Waals surface area (Å²) in [4.78, 5) is 13.1. The lowest BCUT2D eigenvalue weighted by Crippen LogP contribution is -2.32. The molecule has 0 aliphatic heterocycles. The largest absolute Gasteiger partial charge is 0.510 e. The first-order chi connectivity index (χ1) is 17.1. The highest BCUT2D eigenvalue weighted by molar-refractivity contribution is 5.72. The Labute approximate surface area is 211 Å². The maximum atomic E-state index is 13.1. The van der Waals surface area contributed by atoms with Gasteiger partial charge in [0.1, 0.15) is 22.7 Å². The number of rotatable bonds is 6. The fourth-order valence-electron chi connectivity index (χ4n) is 4.35. The lowest BCUT2D eigenvalue weighted by molar-refractivity contribution is -0.0630. The number of carbonyl (C=O) groups excluding carboxylic acids is 1. The van der Waals surface area contributed by atoms with E-state index < -0.39 is 17.4 Å². The van der Waals surface area contributed by atoms with Crippen LogP contribution in [0.1, 0.15) is 38.8 Å². The molecule has 0 atom stereocenters. The Bertz CT molecular complexity index is 1250. The predicted molar refractivity (Wildman–Crippen MR) is 141 cm³/mol. The van der Waals surface area contributed by atoms with E-state index in [4.69, 9.17) is 9.47 Å². The fraction of sp³-hybridized carbons (Fsp3) is 0.194. The second-order valence-electron chi connectivity index (χ2n) is 9.66. The average molecular weight is 483 g/mol. The van der Waals surface area contributed by atoms with Crippen LogP contribution in [-0.4, -0.2) is 16.4 Å². The van der Waals surface area contributed by atoms with Crippen molar-refractivity contribution >= 4 is 6.16 Å². The molecule has 0 bridgehead atoms. The molecule has 0 radical (unpaired) electrons. The van der Waals surface area contributed by atoms with E-state index in [1.54, 1.807) is 24.3 Å². The molecule has 4 rings (SSSR count). The summed E-state index contributed by atoms with van der Waals surface area (Å²) >= 11 is 0. The molecule has 36 heavy (non-hydrogen) atoms. The van der Waals surface area contributed by atoms with Crippen molar-refractivity contribution in [2.45, 2.75) is 38.9 Å². The van der Waals surface area contributed by atoms with Crippen molar-refractivity contribution in [3.05, 3.63) is 108 Å². The van der Waals surface area contributed by atoms with Crippen LogP contribution >= 0.6 is 0 Å². The molecular weight excluding hydrogens is 452 g/mol. The van der Waals surface area contributed by atoms with E-state index in [1.165, 1.54) is 0 Å². The first-order valence-electron chi connectivity index (χ1n) is 11.8. The van der Waals surface area contributed by atoms with E-state index in [0.717, 1.165) is 33.4 Å². The molecule has 184 valence electrons. The first kappa shape index (κ1) is 24.9. The van der Waals surface area contributed by atoms with Crippen molar-refractivity contribution in [2.75, 3.05) is 0 Å². The van der Waals surface area contributed by atoms with Gasteiger partial charge >= 0.3 is 6.16 Å². The SMILES string of the molecule is CC(C)(OC(=O)OC(C)(C)c1ccccc1-c1ccc(O)cc1)c1ccccc1-c1ccc(O)cc1. The molecule has 0 spiro atoms. The molecule has 0 fully saturated rings. The van der Waals surface area contributed by atoms with Crippen molar-refractivity contribution in [3.8, 4) is 33.8 Å². The summed E-state index contributed by atoms with van der Waals surface area (Å²) in [6, 6.07) is 29.2. The van der Waals surface area contributed by atoms with E-state index in [9.17, 15) is 15.0 Å². The molecule has 2 N–H and O–H groups in total. The van der Waals surface area contributed by atoms with E-state index in [1.807, 2.05) is 100 Å². The minimum absolute atomic E-state index is 0.185. The van der Waals surface area contributed by atoms with Gasteiger partial charge in [-0.3, -0.25) is 0 Å². The van der Waals surface area contributed by atoms with Crippen LogP contribution in [0.5, 0.6) is 11.5 Å². The lowest BCUT2D eigenvalue weighted by atomic mass is 9.89. The number of aromatic hydroxyl groups is 2. The number of phenolic OH excluding ortho intramolecular Hbond substituents is 2. The van der Waals surface area contributed by atoms with Crippen molar-refractivity contribution < 1.29 is 24.5 Å². The van der Waals surface area contributed by atoms with Gasteiger partial charge < -0.3 is 19.7 Å². The number of ether oxygens (including phenoxy) is 2. The fourth-order valence-corrected chi connectivity index (χ4v) is 4.35. The molecular formula is C31H30O5. The zero-order chi connectivity index (χ0) is 25.9. The van der Waals surface area contributed by atoms with Crippen LogP contribution < -0.4 is 0 Å². The van der Waals surface area contributed by atoms with Gasteiger partial charge in [-0.2, -0.15) is 0 Å². The van der Waals surface area contributed by atoms with Gasteiger partial charge in [0, 0.05) is 11.1 Å². The summed E-state index contributed by atoms with van der Waals surface area (Å²) in [6.07, 6.45) is -0.786. The van der Waals surface area contributed by atoms with Gasteiger partial charge in [-0.05, 0) is 74.2 Å². The Morgan fingerprint density at radius 2 is 0.889 bits per heavy atom. The lowest BCUT2D eigenvalue weighted by Gasteiger charge is -2.32. The van der Waals surface area contributed by atoms with Crippen molar-refractivity contribution in [3.63, 3.8) is 0 Å². The number of phenols is 2. The maximum absolute atomic E-state index is 13.1. The topological polar surface area (TPSA) is 76.0 Å². The van der Waals surface area contributed by atoms with E-state index in [2.05, 4.69) is 0 Å². The van der Waals surface area contributed by atoms with Crippen LogP contribution in [0.25, 0.3) is 22.3 Å². The van der Waals surface area contributed by atoms with Crippen molar-refractivity contribution in [1.29, 1.82) is 0 Å². The molecule has 4 aromatic rings. The third kappa shape index (κ3) is 5.36. The molecule has 0 unspecified atom stereocenters. The summed E-state index contributed by atoms with van der Waals surface area (Å²) in [5.74, 6) is 0.371. The Balaban J connectivity index is 1.58. The van der Waals surface area contributed by atoms with Crippen LogP contribution in [-0.2, 0) is 20.7 Å². The highest BCUT2D eigenvalue weighted by atomic mass is 16.7. The Morgan fingerprint density at radius 1 is 0.556 bits per heavy atom. The van der Waals surface area contributed by atoms with Gasteiger partial charge in [-0.25, -0.2) is 4.79 Å². The highest BCUT2D eigenvalue weighted by Gasteiger charge is 2.34. The number of hydrogen-bond acceptors (Lipinski definition) is 5. The quantitative estimate of drug-likeness (QED) is 0.275. The molecule has 0 heterocycles. The summed E-state index contributed by atoms with van der Waals surface area (Å²) in [5.41, 5.74) is 3.24. The highest BCUT2D eigenvalue weighted by Crippen LogP contribution is 2.38. The van der Waals surface area contributed by atoms with Gasteiger partial charge in [0.2, 0.25) is 0 Å². The smallest absolute Gasteiger partial charge is 0.508 e. The van der Waals surface area contributed by atoms with E-state index in [-0.39, 0.29) is 11.5 Å². The minimum atomic E-state index is -0.988. The van der Waals surface area contributed by atoms with Gasteiger partial charge in [0.15, 0.2) is 0 Å². The predicted octanol–water partition coefficient (Wildman–Crippen LogP) is 7.76.